The second kappa shape index (κ2) is 34.9. The number of benzene rings is 4. The Balaban J connectivity index is 0.000000184. The summed E-state index contributed by atoms with van der Waals surface area (Å²) in [5, 5.41) is 4.66. The number of hydrogen-bond acceptors (Lipinski definition) is 19. The van der Waals surface area contributed by atoms with Gasteiger partial charge in [-0.25, -0.2) is 31.8 Å². The average molecular weight is 1660 g/mol. The van der Waals surface area contributed by atoms with Crippen molar-refractivity contribution in [2.75, 3.05) is 27.3 Å². The maximum Gasteiger partial charge on any atom is 0.240 e. The molecule has 10 atom stereocenters. The first kappa shape index (κ1) is 82.7. The summed E-state index contributed by atoms with van der Waals surface area (Å²) in [6.07, 6.45) is 20.8. The first-order valence-corrected chi connectivity index (χ1v) is 45.7. The number of methoxy groups -OCH3 is 2. The molecule has 4 aromatic heterocycles. The van der Waals surface area contributed by atoms with Crippen LogP contribution in [-0.4, -0.2) is 144 Å². The monoisotopic (exact) mass is 1660 g/mol. The number of hydrogen-bond donors (Lipinski definition) is 2. The molecule has 117 heavy (non-hydrogen) atoms. The van der Waals surface area contributed by atoms with E-state index in [2.05, 4.69) is 40.4 Å². The zero-order valence-electron chi connectivity index (χ0n) is 67.2. The minimum atomic E-state index is -3.84. The van der Waals surface area contributed by atoms with Gasteiger partial charge in [-0.3, -0.25) is 43.2 Å². The molecule has 4 saturated carbocycles. The number of sulfonamides is 2. The van der Waals surface area contributed by atoms with Crippen molar-refractivity contribution >= 4 is 99.9 Å². The molecule has 4 aromatic carbocycles. The number of ether oxygens (including phenoxy) is 4. The Hall–Kier alpha value is -9.43. The van der Waals surface area contributed by atoms with Crippen LogP contribution in [0, 0.1) is 48.3 Å². The molecule has 8 aliphatic rings. The molecule has 4 aliphatic carbocycles. The molecule has 0 radical (unpaired) electrons. The maximum atomic E-state index is 15.0. The van der Waals surface area contributed by atoms with Gasteiger partial charge < -0.3 is 28.7 Å². The predicted octanol–water partition coefficient (Wildman–Crippen LogP) is 15.7. The summed E-state index contributed by atoms with van der Waals surface area (Å²) in [7, 11) is -4.41. The van der Waals surface area contributed by atoms with Gasteiger partial charge in [0.2, 0.25) is 49.6 Å². The van der Waals surface area contributed by atoms with Crippen LogP contribution in [0.1, 0.15) is 176 Å². The Morgan fingerprint density at radius 2 is 1.11 bits per heavy atom. The number of ketones is 2. The number of halogens is 1. The van der Waals surface area contributed by atoms with E-state index in [0.29, 0.717) is 109 Å². The third-order valence-electron chi connectivity index (χ3n) is 25.0. The normalized spacial score (nSPS) is 25.8. The van der Waals surface area contributed by atoms with Crippen LogP contribution in [0.5, 0.6) is 23.1 Å². The highest BCUT2D eigenvalue weighted by Gasteiger charge is 2.63. The minimum absolute atomic E-state index is 0.112. The number of fused-ring (bicyclic) bond motifs is 6. The van der Waals surface area contributed by atoms with Crippen molar-refractivity contribution < 1.29 is 64.6 Å². The number of allylic oxidation sites excluding steroid dienone is 4. The molecule has 6 fully saturated rings. The molecule has 0 bridgehead atoms. The van der Waals surface area contributed by atoms with Crippen LogP contribution in [0.3, 0.4) is 0 Å². The molecule has 0 unspecified atom stereocenters. The van der Waals surface area contributed by atoms with E-state index in [4.69, 9.17) is 45.5 Å². The van der Waals surface area contributed by atoms with Crippen LogP contribution in [0.4, 0.5) is 0 Å². The lowest BCUT2D eigenvalue weighted by Gasteiger charge is -2.29. The van der Waals surface area contributed by atoms with E-state index in [-0.39, 0.29) is 85.8 Å². The number of aromatic nitrogens is 4. The highest BCUT2D eigenvalue weighted by atomic mass is 35.5. The van der Waals surface area contributed by atoms with E-state index in [9.17, 15) is 45.6 Å². The number of amides is 4. The lowest BCUT2D eigenvalue weighted by atomic mass is 9.90. The quantitative estimate of drug-likeness (QED) is 0.0711. The smallest absolute Gasteiger partial charge is 0.240 e. The van der Waals surface area contributed by atoms with Gasteiger partial charge >= 0.3 is 0 Å². The van der Waals surface area contributed by atoms with Gasteiger partial charge in [-0.1, -0.05) is 124 Å². The van der Waals surface area contributed by atoms with E-state index < -0.39 is 83.4 Å². The lowest BCUT2D eigenvalue weighted by molar-refractivity contribution is -0.142. The van der Waals surface area contributed by atoms with Gasteiger partial charge in [-0.15, -0.1) is 11.3 Å². The summed E-state index contributed by atoms with van der Waals surface area (Å²) in [4.78, 5) is 110. The topological polar surface area (TPSA) is 290 Å². The Kier molecular flexibility index (Phi) is 24.6. The molecule has 4 aliphatic heterocycles. The van der Waals surface area contributed by atoms with Crippen LogP contribution >= 0.6 is 22.9 Å². The summed E-state index contributed by atoms with van der Waals surface area (Å²) < 4.78 is 81.6. The van der Waals surface area contributed by atoms with Crippen LogP contribution in [0.15, 0.2) is 145 Å². The highest BCUT2D eigenvalue weighted by molar-refractivity contribution is 7.91. The molecular weight excluding hydrogens is 1560 g/mol. The number of aryl methyl sites for hydroxylation is 2. The molecule has 16 rings (SSSR count). The minimum Gasteiger partial charge on any atom is -0.496 e. The number of carbonyl (C=O) groups excluding carboxylic acids is 6. The second-order valence-corrected chi connectivity index (χ2v) is 38.8. The fourth-order valence-corrected chi connectivity index (χ4v) is 21.5. The number of nitrogens with one attached hydrogen (secondary N) is 2. The molecule has 26 heteroatoms. The van der Waals surface area contributed by atoms with Crippen LogP contribution in [-0.2, 0) is 61.7 Å². The molecule has 8 aromatic rings. The third kappa shape index (κ3) is 18.4. The zero-order valence-corrected chi connectivity index (χ0v) is 70.4. The van der Waals surface area contributed by atoms with Crippen molar-refractivity contribution in [3.05, 3.63) is 178 Å². The Bertz CT molecular complexity index is 5390. The Labute approximate surface area is 693 Å². The molecule has 0 spiro atoms. The fraction of sp³-hybridized carbons (Fsp3) is 0.473. The summed E-state index contributed by atoms with van der Waals surface area (Å²) >= 11 is 7.75. The number of nitrogens with zero attached hydrogens (tertiary/aromatic N) is 6. The first-order chi connectivity index (χ1) is 56.3. The largest absolute Gasteiger partial charge is 0.496 e. The van der Waals surface area contributed by atoms with Gasteiger partial charge in [0, 0.05) is 76.5 Å². The van der Waals surface area contributed by atoms with Crippen molar-refractivity contribution in [3.8, 4) is 45.2 Å². The molecule has 2 N–H and O–H groups in total. The fourth-order valence-electron chi connectivity index (χ4n) is 17.6. The molecule has 22 nitrogen and oxygen atoms in total. The van der Waals surface area contributed by atoms with Crippen LogP contribution in [0.2, 0.25) is 5.02 Å². The van der Waals surface area contributed by atoms with Crippen LogP contribution in [0.25, 0.3) is 43.8 Å². The van der Waals surface area contributed by atoms with Crippen molar-refractivity contribution in [2.24, 2.45) is 34.5 Å². The van der Waals surface area contributed by atoms with Gasteiger partial charge in [-0.05, 0) is 198 Å². The molecular formula is C91H103ClN8O14S3. The number of carbonyl (C=O) groups is 6. The van der Waals surface area contributed by atoms with E-state index in [1.54, 1.807) is 30.2 Å². The molecule has 4 amide bonds. The zero-order chi connectivity index (χ0) is 82.1. The summed E-state index contributed by atoms with van der Waals surface area (Å²) in [5.74, 6) is -0.780. The molecule has 8 heterocycles. The van der Waals surface area contributed by atoms with Crippen molar-refractivity contribution in [2.45, 2.75) is 210 Å². The van der Waals surface area contributed by atoms with E-state index in [1.165, 1.54) is 11.3 Å². The first-order valence-electron chi connectivity index (χ1n) is 41.4. The van der Waals surface area contributed by atoms with Gasteiger partial charge in [0.25, 0.3) is 0 Å². The number of pyridine rings is 3. The highest BCUT2D eigenvalue weighted by Crippen LogP contribution is 2.59. The van der Waals surface area contributed by atoms with Gasteiger partial charge in [0.05, 0.1) is 83.3 Å². The number of rotatable bonds is 19. The van der Waals surface area contributed by atoms with Crippen molar-refractivity contribution in [3.63, 3.8) is 0 Å². The second-order valence-electron chi connectivity index (χ2n) is 33.6. The van der Waals surface area contributed by atoms with E-state index >= 15 is 0 Å². The van der Waals surface area contributed by atoms with Crippen molar-refractivity contribution in [1.29, 1.82) is 0 Å². The predicted molar refractivity (Wildman–Crippen MR) is 451 cm³/mol. The summed E-state index contributed by atoms with van der Waals surface area (Å²) in [6.45, 7) is 8.45. The van der Waals surface area contributed by atoms with Gasteiger partial charge in [-0.2, -0.15) is 0 Å². The van der Waals surface area contributed by atoms with Gasteiger partial charge in [0.1, 0.15) is 40.2 Å². The number of thiazole rings is 1. The standard InChI is InChI=1S/C46H53ClN4O7S2.C45H50N4O7S/c1-27(2)37-26-59-43(49-37)36-22-41(35-18-19-40(57-4)28(3)42(35)48-36)58-33-21-38-39(52)24-46(45(54)50-60(55,56)34-16-17-34)23-31(46)11-9-7-5-6-8-10-30(44(53)51(38)25-33)20-29-12-14-32(47)15-13-29;1-29-36-25-38(37-17-11-12-22-46-37)47-42(35(36)20-21-41(29)55-2)56-33-24-39-40(50)27-45(44(52)48-57(53,54)34-18-19-34)26-32(45)16-10-5-3-4-9-15-31(43(51)49(39)28-33)23-30-13-7-6-8-14-30/h9,11-15,18-19,22,26-27,30-31,33-34,38H,5-8,10,16-17,20-21,23-25H2,1-4H3,(H,50,54);6-8,10-14,16-17,20-22,25,31-34,39H,3-5,9,15,18-19,23-24,26-28H2,1-2H3,(H,48,52)/b11-9-;16-10-/t30-,31-,33-,38+,46-;31-,32-,33-,39+,45-/m11/s1. The van der Waals surface area contributed by atoms with Crippen LogP contribution < -0.4 is 28.4 Å². The molecule has 616 valence electrons. The SMILES string of the molecule is COc1ccc2c(O[C@@H]3C[C@H]4C(=O)C[C@]5(C(=O)NS(=O)(=O)C6CC6)C[C@H]5/C=C\CCCCC[C@H](Cc5ccc(Cl)cc5)C(=O)N4C3)cc(-c3nc(C(C)C)cs3)nc2c1C.COc1ccc2c(O[C@@H]3C[C@H]4C(=O)C[C@]5(C(=O)NS(=O)(=O)C6CC6)C[C@H]5/C=C\CCCCC[C@H](Cc5ccccc5)C(=O)N4C3)nc(-c3ccccn3)cc2c1C. The van der Waals surface area contributed by atoms with Crippen molar-refractivity contribution in [1.82, 2.24) is 39.2 Å². The lowest BCUT2D eigenvalue weighted by Crippen LogP contribution is -2.46. The summed E-state index contributed by atoms with van der Waals surface area (Å²) in [6, 6.07) is 32.8. The Morgan fingerprint density at radius 3 is 1.64 bits per heavy atom. The van der Waals surface area contributed by atoms with Gasteiger partial charge in [0.15, 0.2) is 11.6 Å². The van der Waals surface area contributed by atoms with E-state index in [0.717, 1.165) is 106 Å². The third-order valence-corrected chi connectivity index (χ3v) is 29.8. The Morgan fingerprint density at radius 1 is 0.573 bits per heavy atom. The number of Topliss-reactive ketones (excluding diaryl/α,β-unsaturated/α-hetero) is 2. The van der Waals surface area contributed by atoms with E-state index in [1.807, 2.05) is 141 Å². The molecule has 2 saturated heterocycles. The maximum absolute atomic E-state index is 15.0. The summed E-state index contributed by atoms with van der Waals surface area (Å²) in [5.41, 5.74) is 4.98. The average Bonchev–Trinajstić information content (AvgIpc) is 1.58.